The molecule has 1 aliphatic rings. The van der Waals surface area contributed by atoms with Crippen molar-refractivity contribution < 1.29 is 0 Å². The normalized spacial score (nSPS) is 16.8. The zero-order valence-corrected chi connectivity index (χ0v) is 18.4. The van der Waals surface area contributed by atoms with Gasteiger partial charge in [0.05, 0.1) is 0 Å². The Morgan fingerprint density at radius 1 is 0.500 bits per heavy atom. The van der Waals surface area contributed by atoms with Crippen LogP contribution in [0.2, 0.25) is 0 Å². The summed E-state index contributed by atoms with van der Waals surface area (Å²) in [6.45, 7) is 9.41. The molecule has 0 spiro atoms. The van der Waals surface area contributed by atoms with E-state index in [1.807, 2.05) is 0 Å². The van der Waals surface area contributed by atoms with Crippen LogP contribution in [0.5, 0.6) is 0 Å². The molecular formula is C24H48N2. The van der Waals surface area contributed by atoms with Gasteiger partial charge in [-0.3, -0.25) is 0 Å². The van der Waals surface area contributed by atoms with Gasteiger partial charge in [0.2, 0.25) is 0 Å². The molecule has 1 atom stereocenters. The van der Waals surface area contributed by atoms with Crippen LogP contribution in [-0.4, -0.2) is 29.1 Å². The van der Waals surface area contributed by atoms with E-state index < -0.39 is 0 Å². The highest BCUT2D eigenvalue weighted by Crippen LogP contribution is 2.23. The number of rotatable bonds is 18. The summed E-state index contributed by atoms with van der Waals surface area (Å²) in [7, 11) is 0. The standard InChI is InChI=1S/C24H48N2/c1-4-7-10-12-13-14-15-18-21-26-23-22-25(20-17-9-6-3)24(26)19-16-11-8-5-2/h22-24H,4-21H2,1-3H3. The van der Waals surface area contributed by atoms with E-state index in [1.54, 1.807) is 0 Å². The van der Waals surface area contributed by atoms with Crippen LogP contribution in [0.1, 0.15) is 124 Å². The van der Waals surface area contributed by atoms with Crippen molar-refractivity contribution in [3.8, 4) is 0 Å². The average molecular weight is 365 g/mol. The summed E-state index contributed by atoms with van der Waals surface area (Å²) in [5, 5.41) is 0. The molecule has 0 fully saturated rings. The quantitative estimate of drug-likeness (QED) is 0.230. The lowest BCUT2D eigenvalue weighted by molar-refractivity contribution is 0.135. The molecule has 0 saturated carbocycles. The summed E-state index contributed by atoms with van der Waals surface area (Å²) < 4.78 is 0. The Hall–Kier alpha value is -0.660. The molecular weight excluding hydrogens is 316 g/mol. The fourth-order valence-corrected chi connectivity index (χ4v) is 4.07. The lowest BCUT2D eigenvalue weighted by atomic mass is 10.1. The molecule has 0 aromatic heterocycles. The van der Waals surface area contributed by atoms with E-state index in [9.17, 15) is 0 Å². The van der Waals surface area contributed by atoms with Crippen molar-refractivity contribution >= 4 is 0 Å². The Bertz CT molecular complexity index is 326. The van der Waals surface area contributed by atoms with Crippen LogP contribution in [0, 0.1) is 0 Å². The zero-order valence-electron chi connectivity index (χ0n) is 18.4. The first-order chi connectivity index (χ1) is 12.8. The van der Waals surface area contributed by atoms with Gasteiger partial charge in [-0.25, -0.2) is 0 Å². The Kier molecular flexibility index (Phi) is 14.8. The van der Waals surface area contributed by atoms with Crippen molar-refractivity contribution in [3.63, 3.8) is 0 Å². The first-order valence-electron chi connectivity index (χ1n) is 12.0. The highest BCUT2D eigenvalue weighted by atomic mass is 15.4. The lowest BCUT2D eigenvalue weighted by Gasteiger charge is -2.33. The minimum absolute atomic E-state index is 0.647. The summed E-state index contributed by atoms with van der Waals surface area (Å²) >= 11 is 0. The van der Waals surface area contributed by atoms with Crippen molar-refractivity contribution in [2.45, 2.75) is 130 Å². The molecule has 0 radical (unpaired) electrons. The van der Waals surface area contributed by atoms with E-state index >= 15 is 0 Å². The summed E-state index contributed by atoms with van der Waals surface area (Å²) in [5.74, 6) is 0. The molecule has 0 amide bonds. The monoisotopic (exact) mass is 364 g/mol. The predicted octanol–water partition coefficient (Wildman–Crippen LogP) is 7.70. The molecule has 0 bridgehead atoms. The Labute approximate surface area is 165 Å². The molecule has 2 nitrogen and oxygen atoms in total. The van der Waals surface area contributed by atoms with Gasteiger partial charge in [-0.05, 0) is 25.7 Å². The fraction of sp³-hybridized carbons (Fsp3) is 0.917. The minimum Gasteiger partial charge on any atom is -0.356 e. The molecule has 1 rings (SSSR count). The third kappa shape index (κ3) is 10.5. The second kappa shape index (κ2) is 16.5. The molecule has 0 aromatic rings. The van der Waals surface area contributed by atoms with Gasteiger partial charge in [-0.1, -0.05) is 97.8 Å². The van der Waals surface area contributed by atoms with Gasteiger partial charge in [-0.15, -0.1) is 0 Å². The van der Waals surface area contributed by atoms with Crippen LogP contribution in [0.4, 0.5) is 0 Å². The third-order valence-electron chi connectivity index (χ3n) is 5.82. The molecule has 154 valence electrons. The number of nitrogens with zero attached hydrogens (tertiary/aromatic N) is 2. The molecule has 0 aliphatic carbocycles. The number of hydrogen-bond acceptors (Lipinski definition) is 2. The molecule has 0 saturated heterocycles. The van der Waals surface area contributed by atoms with E-state index in [1.165, 1.54) is 116 Å². The summed E-state index contributed by atoms with van der Waals surface area (Å²) in [6.07, 6.45) is 27.6. The highest BCUT2D eigenvalue weighted by molar-refractivity contribution is 4.96. The summed E-state index contributed by atoms with van der Waals surface area (Å²) in [4.78, 5) is 5.28. The van der Waals surface area contributed by atoms with Crippen LogP contribution in [-0.2, 0) is 0 Å². The highest BCUT2D eigenvalue weighted by Gasteiger charge is 2.24. The Morgan fingerprint density at radius 2 is 0.885 bits per heavy atom. The van der Waals surface area contributed by atoms with Crippen molar-refractivity contribution in [1.29, 1.82) is 0 Å². The minimum atomic E-state index is 0.647. The largest absolute Gasteiger partial charge is 0.356 e. The Morgan fingerprint density at radius 3 is 1.42 bits per heavy atom. The van der Waals surface area contributed by atoms with Crippen molar-refractivity contribution in [3.05, 3.63) is 12.4 Å². The van der Waals surface area contributed by atoms with E-state index in [0.29, 0.717) is 6.17 Å². The maximum absolute atomic E-state index is 2.65. The van der Waals surface area contributed by atoms with Gasteiger partial charge in [0.25, 0.3) is 0 Å². The van der Waals surface area contributed by atoms with E-state index in [2.05, 4.69) is 43.0 Å². The maximum Gasteiger partial charge on any atom is 0.101 e. The van der Waals surface area contributed by atoms with Crippen LogP contribution >= 0.6 is 0 Å². The summed E-state index contributed by atoms with van der Waals surface area (Å²) in [6, 6.07) is 0. The molecule has 1 aliphatic heterocycles. The molecule has 1 unspecified atom stereocenters. The molecule has 0 aromatic carbocycles. The third-order valence-corrected chi connectivity index (χ3v) is 5.82. The molecule has 26 heavy (non-hydrogen) atoms. The van der Waals surface area contributed by atoms with Gasteiger partial charge in [0, 0.05) is 25.5 Å². The van der Waals surface area contributed by atoms with Crippen molar-refractivity contribution in [2.24, 2.45) is 0 Å². The number of hydrogen-bond donors (Lipinski definition) is 0. The molecule has 1 heterocycles. The maximum atomic E-state index is 2.65. The van der Waals surface area contributed by atoms with Crippen LogP contribution in [0.25, 0.3) is 0 Å². The second-order valence-corrected chi connectivity index (χ2v) is 8.29. The zero-order chi connectivity index (χ0) is 18.9. The Balaban J connectivity index is 2.25. The predicted molar refractivity (Wildman–Crippen MR) is 117 cm³/mol. The van der Waals surface area contributed by atoms with E-state index in [-0.39, 0.29) is 0 Å². The second-order valence-electron chi connectivity index (χ2n) is 8.29. The smallest absolute Gasteiger partial charge is 0.101 e. The van der Waals surface area contributed by atoms with E-state index in [0.717, 1.165) is 0 Å². The van der Waals surface area contributed by atoms with Gasteiger partial charge in [-0.2, -0.15) is 0 Å². The van der Waals surface area contributed by atoms with Crippen LogP contribution in [0.3, 0.4) is 0 Å². The summed E-state index contributed by atoms with van der Waals surface area (Å²) in [5.41, 5.74) is 0. The van der Waals surface area contributed by atoms with Gasteiger partial charge in [0.15, 0.2) is 0 Å². The molecule has 2 heteroatoms. The topological polar surface area (TPSA) is 6.48 Å². The van der Waals surface area contributed by atoms with E-state index in [4.69, 9.17) is 0 Å². The molecule has 0 N–H and O–H groups in total. The van der Waals surface area contributed by atoms with Crippen molar-refractivity contribution in [2.75, 3.05) is 13.1 Å². The average Bonchev–Trinajstić information content (AvgIpc) is 3.03. The van der Waals surface area contributed by atoms with Gasteiger partial charge in [0.1, 0.15) is 6.17 Å². The fourth-order valence-electron chi connectivity index (χ4n) is 4.07. The lowest BCUT2D eigenvalue weighted by Crippen LogP contribution is -2.39. The SMILES string of the molecule is CCCCCCCCCCN1C=CN(CCCCC)C1CCCCCC. The first-order valence-corrected chi connectivity index (χ1v) is 12.0. The van der Waals surface area contributed by atoms with Gasteiger partial charge >= 0.3 is 0 Å². The number of unbranched alkanes of at least 4 members (excludes halogenated alkanes) is 12. The van der Waals surface area contributed by atoms with Gasteiger partial charge < -0.3 is 9.80 Å². The van der Waals surface area contributed by atoms with Crippen molar-refractivity contribution in [1.82, 2.24) is 9.80 Å². The van der Waals surface area contributed by atoms with Crippen LogP contribution in [0.15, 0.2) is 12.4 Å². The first kappa shape index (κ1) is 23.4. The van der Waals surface area contributed by atoms with Crippen LogP contribution < -0.4 is 0 Å².